The highest BCUT2D eigenvalue weighted by Gasteiger charge is 1.85. The van der Waals surface area contributed by atoms with Crippen LogP contribution < -0.4 is 5.73 Å². The average molecular weight is 76.1 g/mol. The molecule has 0 aromatic rings. The number of rotatable bonds is 1. The van der Waals surface area contributed by atoms with Gasteiger partial charge in [0.25, 0.3) is 0 Å². The van der Waals surface area contributed by atoms with Gasteiger partial charge < -0.3 is 5.73 Å². The van der Waals surface area contributed by atoms with Gasteiger partial charge in [0.1, 0.15) is 6.30 Å². The molecule has 5 heavy (non-hydrogen) atoms. The Morgan fingerprint density at radius 2 is 2.20 bits per heavy atom. The van der Waals surface area contributed by atoms with Crippen LogP contribution in [0.2, 0.25) is 0 Å². The van der Waals surface area contributed by atoms with Crippen molar-refractivity contribution in [3.05, 3.63) is 6.92 Å². The molecule has 2 heteroatoms. The zero-order valence-electron chi connectivity index (χ0n) is 2.95. The fourth-order valence-electron chi connectivity index (χ4n) is 0. The van der Waals surface area contributed by atoms with E-state index in [1.807, 2.05) is 0 Å². The highest BCUT2D eigenvalue weighted by molar-refractivity contribution is 4.43. The smallest absolute Gasteiger partial charge is 0.148 e. The van der Waals surface area contributed by atoms with Crippen LogP contribution in [0.5, 0.6) is 0 Å². The van der Waals surface area contributed by atoms with Crippen LogP contribution in [0, 0.1) is 6.92 Å². The molecule has 0 aromatic heterocycles. The zero-order valence-corrected chi connectivity index (χ0v) is 2.95. The van der Waals surface area contributed by atoms with Crippen LogP contribution in [-0.4, -0.2) is 6.30 Å². The summed E-state index contributed by atoms with van der Waals surface area (Å²) in [6.07, 6.45) is -1.06. The van der Waals surface area contributed by atoms with Crippen molar-refractivity contribution in [2.24, 2.45) is 5.73 Å². The van der Waals surface area contributed by atoms with Crippen molar-refractivity contribution in [3.8, 4) is 0 Å². The van der Waals surface area contributed by atoms with Crippen molar-refractivity contribution in [3.63, 3.8) is 0 Å². The van der Waals surface area contributed by atoms with Crippen LogP contribution in [0.15, 0.2) is 0 Å². The maximum atomic E-state index is 11.1. The third-order valence-electron chi connectivity index (χ3n) is 0.276. The topological polar surface area (TPSA) is 26.0 Å². The maximum Gasteiger partial charge on any atom is 0.148 e. The van der Waals surface area contributed by atoms with Crippen LogP contribution >= 0.6 is 0 Å². The molecule has 0 aliphatic rings. The minimum atomic E-state index is -1.23. The Kier molecular flexibility index (Phi) is 2.10. The number of hydrogen-bond acceptors (Lipinski definition) is 1. The van der Waals surface area contributed by atoms with E-state index in [4.69, 9.17) is 0 Å². The molecular formula is C3H7FN. The largest absolute Gasteiger partial charge is 0.302 e. The van der Waals surface area contributed by atoms with Gasteiger partial charge in [-0.1, -0.05) is 0 Å². The first-order chi connectivity index (χ1) is 2.27. The second-order valence-corrected chi connectivity index (χ2v) is 0.805. The third-order valence-corrected chi connectivity index (χ3v) is 0.276. The SMILES string of the molecule is [CH2]CC(N)F. The van der Waals surface area contributed by atoms with E-state index in [1.54, 1.807) is 0 Å². The highest BCUT2D eigenvalue weighted by atomic mass is 19.1. The van der Waals surface area contributed by atoms with E-state index in [-0.39, 0.29) is 6.42 Å². The van der Waals surface area contributed by atoms with Gasteiger partial charge >= 0.3 is 0 Å². The molecule has 0 bridgehead atoms. The Morgan fingerprint density at radius 1 is 2.00 bits per heavy atom. The summed E-state index contributed by atoms with van der Waals surface area (Å²) in [5.74, 6) is 0. The first-order valence-corrected chi connectivity index (χ1v) is 1.46. The molecule has 0 heterocycles. The zero-order chi connectivity index (χ0) is 4.28. The predicted octanol–water partition coefficient (Wildman–Crippen LogP) is 0.465. The van der Waals surface area contributed by atoms with Gasteiger partial charge in [-0.2, -0.15) is 0 Å². The summed E-state index contributed by atoms with van der Waals surface area (Å²) in [6.45, 7) is 3.19. The summed E-state index contributed by atoms with van der Waals surface area (Å²) in [5.41, 5.74) is 4.56. The van der Waals surface area contributed by atoms with E-state index in [9.17, 15) is 4.39 Å². The molecule has 1 unspecified atom stereocenters. The monoisotopic (exact) mass is 76.1 g/mol. The standard InChI is InChI=1S/C3H7FN/c1-2-3(4)5/h3H,1-2,5H2. The van der Waals surface area contributed by atoms with Gasteiger partial charge in [-0.05, 0) is 13.3 Å². The van der Waals surface area contributed by atoms with E-state index in [1.165, 1.54) is 0 Å². The van der Waals surface area contributed by atoms with Crippen LogP contribution in [-0.2, 0) is 0 Å². The van der Waals surface area contributed by atoms with Crippen LogP contribution in [0.3, 0.4) is 0 Å². The summed E-state index contributed by atoms with van der Waals surface area (Å²) >= 11 is 0. The number of hydrogen-bond donors (Lipinski definition) is 1. The Hall–Kier alpha value is -0.110. The lowest BCUT2D eigenvalue weighted by molar-refractivity contribution is 0.347. The van der Waals surface area contributed by atoms with Gasteiger partial charge in [0.05, 0.1) is 0 Å². The van der Waals surface area contributed by atoms with Crippen LogP contribution in [0.25, 0.3) is 0 Å². The lowest BCUT2D eigenvalue weighted by atomic mass is 10.5. The van der Waals surface area contributed by atoms with E-state index in [2.05, 4.69) is 12.7 Å². The van der Waals surface area contributed by atoms with E-state index in [0.29, 0.717) is 0 Å². The predicted molar refractivity (Wildman–Crippen MR) is 19.1 cm³/mol. The van der Waals surface area contributed by atoms with Crippen molar-refractivity contribution in [1.29, 1.82) is 0 Å². The summed E-state index contributed by atoms with van der Waals surface area (Å²) < 4.78 is 11.1. The fraction of sp³-hybridized carbons (Fsp3) is 0.667. The molecule has 1 nitrogen and oxygen atoms in total. The van der Waals surface area contributed by atoms with Crippen molar-refractivity contribution in [1.82, 2.24) is 0 Å². The molecule has 0 spiro atoms. The van der Waals surface area contributed by atoms with Gasteiger partial charge in [-0.3, -0.25) is 0 Å². The molecule has 0 saturated carbocycles. The molecule has 1 radical (unpaired) electrons. The van der Waals surface area contributed by atoms with Crippen LogP contribution in [0.4, 0.5) is 4.39 Å². The van der Waals surface area contributed by atoms with Crippen molar-refractivity contribution >= 4 is 0 Å². The number of nitrogens with two attached hydrogens (primary N) is 1. The fourth-order valence-corrected chi connectivity index (χ4v) is 0. The van der Waals surface area contributed by atoms with Gasteiger partial charge in [0.15, 0.2) is 0 Å². The van der Waals surface area contributed by atoms with Gasteiger partial charge in [-0.15, -0.1) is 0 Å². The molecule has 0 saturated heterocycles. The first kappa shape index (κ1) is 4.89. The second kappa shape index (κ2) is 2.15. The average Bonchev–Trinajstić information content (AvgIpc) is 1.38. The third kappa shape index (κ3) is 3.89. The maximum absolute atomic E-state index is 11.1. The Labute approximate surface area is 31.0 Å². The van der Waals surface area contributed by atoms with E-state index in [0.717, 1.165) is 0 Å². The molecule has 1 atom stereocenters. The lowest BCUT2D eigenvalue weighted by Crippen LogP contribution is -2.09. The molecule has 2 N–H and O–H groups in total. The van der Waals surface area contributed by atoms with Gasteiger partial charge in [0, 0.05) is 0 Å². The molecule has 0 aliphatic heterocycles. The summed E-state index contributed by atoms with van der Waals surface area (Å²) in [4.78, 5) is 0. The van der Waals surface area contributed by atoms with Gasteiger partial charge in [-0.25, -0.2) is 4.39 Å². The Morgan fingerprint density at radius 3 is 2.20 bits per heavy atom. The molecular weight excluding hydrogens is 69.0 g/mol. The first-order valence-electron chi connectivity index (χ1n) is 1.46. The van der Waals surface area contributed by atoms with Crippen LogP contribution in [0.1, 0.15) is 6.42 Å². The Bertz CT molecular complexity index is 20.9. The summed E-state index contributed by atoms with van der Waals surface area (Å²) in [5, 5.41) is 0. The molecule has 0 aromatic carbocycles. The minimum absolute atomic E-state index is 0.167. The van der Waals surface area contributed by atoms with E-state index < -0.39 is 6.30 Å². The lowest BCUT2D eigenvalue weighted by Gasteiger charge is -1.87. The minimum Gasteiger partial charge on any atom is -0.302 e. The molecule has 0 rings (SSSR count). The number of alkyl halides is 1. The normalized spacial score (nSPS) is 15.0. The van der Waals surface area contributed by atoms with E-state index >= 15 is 0 Å². The van der Waals surface area contributed by atoms with Crippen molar-refractivity contribution in [2.75, 3.05) is 0 Å². The Balaban J connectivity index is 2.54. The molecule has 0 amide bonds. The van der Waals surface area contributed by atoms with Crippen molar-refractivity contribution in [2.45, 2.75) is 12.7 Å². The van der Waals surface area contributed by atoms with Crippen molar-refractivity contribution < 1.29 is 4.39 Å². The molecule has 0 aliphatic carbocycles. The second-order valence-electron chi connectivity index (χ2n) is 0.805. The number of halogens is 1. The molecule has 0 fully saturated rings. The quantitative estimate of drug-likeness (QED) is 0.451. The summed E-state index contributed by atoms with van der Waals surface area (Å²) in [6, 6.07) is 0. The summed E-state index contributed by atoms with van der Waals surface area (Å²) in [7, 11) is 0. The molecule has 31 valence electrons. The highest BCUT2D eigenvalue weighted by Crippen LogP contribution is 1.80. The van der Waals surface area contributed by atoms with Gasteiger partial charge in [0.2, 0.25) is 0 Å².